The van der Waals surface area contributed by atoms with E-state index in [1.54, 1.807) is 0 Å². The highest BCUT2D eigenvalue weighted by Gasteiger charge is 2.10. The third kappa shape index (κ3) is 3.31. The summed E-state index contributed by atoms with van der Waals surface area (Å²) in [6.45, 7) is 1.47. The maximum Gasteiger partial charge on any atom is 0.306 e. The molecule has 0 atom stereocenters. The summed E-state index contributed by atoms with van der Waals surface area (Å²) in [5, 5.41) is 0. The van der Waals surface area contributed by atoms with E-state index in [4.69, 9.17) is 4.74 Å². The van der Waals surface area contributed by atoms with Gasteiger partial charge in [-0.2, -0.15) is 0 Å². The third-order valence-corrected chi connectivity index (χ3v) is 1.89. The molecule has 0 aliphatic rings. The second-order valence-corrected chi connectivity index (χ2v) is 3.11. The average molecular weight is 214 g/mol. The molecule has 0 aliphatic carbocycles. The van der Waals surface area contributed by atoms with Crippen LogP contribution < -0.4 is 0 Å². The third-order valence-electron chi connectivity index (χ3n) is 1.89. The van der Waals surface area contributed by atoms with E-state index >= 15 is 0 Å². The largest absolute Gasteiger partial charge is 0.461 e. The van der Waals surface area contributed by atoms with Crippen molar-refractivity contribution >= 4 is 5.97 Å². The Kier molecular flexibility index (Phi) is 4.21. The Balaban J connectivity index is 2.61. The molecule has 0 fully saturated rings. The zero-order chi connectivity index (χ0) is 11.3. The number of hydrogen-bond donors (Lipinski definition) is 0. The van der Waals surface area contributed by atoms with Gasteiger partial charge in [-0.1, -0.05) is 13.0 Å². The Morgan fingerprint density at radius 2 is 1.93 bits per heavy atom. The van der Waals surface area contributed by atoms with Crippen LogP contribution in [0.2, 0.25) is 0 Å². The van der Waals surface area contributed by atoms with Crippen molar-refractivity contribution in [3.05, 3.63) is 35.4 Å². The highest BCUT2D eigenvalue weighted by molar-refractivity contribution is 5.69. The van der Waals surface area contributed by atoms with Gasteiger partial charge in [-0.3, -0.25) is 4.79 Å². The summed E-state index contributed by atoms with van der Waals surface area (Å²) in [5.41, 5.74) is -0.207. The topological polar surface area (TPSA) is 26.3 Å². The maximum atomic E-state index is 13.1. The Morgan fingerprint density at radius 3 is 2.47 bits per heavy atom. The fourth-order valence-corrected chi connectivity index (χ4v) is 1.10. The van der Waals surface area contributed by atoms with E-state index in [-0.39, 0.29) is 18.6 Å². The SMILES string of the molecule is CCCC(=O)OCc1c(F)cccc1F. The second-order valence-electron chi connectivity index (χ2n) is 3.11. The summed E-state index contributed by atoms with van der Waals surface area (Å²) in [6.07, 6.45) is 0.911. The predicted octanol–water partition coefficient (Wildman–Crippen LogP) is 2.81. The molecule has 0 amide bonds. The van der Waals surface area contributed by atoms with E-state index in [0.717, 1.165) is 12.1 Å². The highest BCUT2D eigenvalue weighted by atomic mass is 19.1. The lowest BCUT2D eigenvalue weighted by Gasteiger charge is -2.05. The van der Waals surface area contributed by atoms with E-state index in [1.165, 1.54) is 6.07 Å². The van der Waals surface area contributed by atoms with E-state index in [2.05, 4.69) is 0 Å². The molecular formula is C11H12F2O2. The summed E-state index contributed by atoms with van der Waals surface area (Å²) in [4.78, 5) is 11.0. The van der Waals surface area contributed by atoms with Crippen LogP contribution in [0.15, 0.2) is 18.2 Å². The Morgan fingerprint density at radius 1 is 1.33 bits per heavy atom. The van der Waals surface area contributed by atoms with Crippen LogP contribution in [0.3, 0.4) is 0 Å². The molecule has 0 aromatic heterocycles. The van der Waals surface area contributed by atoms with Crippen LogP contribution in [0.5, 0.6) is 0 Å². The van der Waals surface area contributed by atoms with Gasteiger partial charge >= 0.3 is 5.97 Å². The fourth-order valence-electron chi connectivity index (χ4n) is 1.10. The van der Waals surface area contributed by atoms with Crippen LogP contribution in [-0.4, -0.2) is 5.97 Å². The van der Waals surface area contributed by atoms with Gasteiger partial charge in [0, 0.05) is 6.42 Å². The highest BCUT2D eigenvalue weighted by Crippen LogP contribution is 2.13. The molecule has 0 N–H and O–H groups in total. The van der Waals surface area contributed by atoms with Crippen LogP contribution >= 0.6 is 0 Å². The van der Waals surface area contributed by atoms with Crippen molar-refractivity contribution in [1.29, 1.82) is 0 Å². The number of halogens is 2. The molecule has 0 aliphatic heterocycles. The van der Waals surface area contributed by atoms with Crippen molar-refractivity contribution in [3.63, 3.8) is 0 Å². The zero-order valence-corrected chi connectivity index (χ0v) is 8.43. The minimum absolute atomic E-state index is 0.207. The monoisotopic (exact) mass is 214 g/mol. The van der Waals surface area contributed by atoms with Gasteiger partial charge in [0.2, 0.25) is 0 Å². The number of ether oxygens (including phenoxy) is 1. The van der Waals surface area contributed by atoms with Gasteiger partial charge in [0.05, 0.1) is 5.56 Å². The summed E-state index contributed by atoms with van der Waals surface area (Å²) < 4.78 is 30.8. The molecule has 1 rings (SSSR count). The lowest BCUT2D eigenvalue weighted by molar-refractivity contribution is -0.145. The molecule has 0 unspecified atom stereocenters. The van der Waals surface area contributed by atoms with Gasteiger partial charge in [0.15, 0.2) is 0 Å². The fraction of sp³-hybridized carbons (Fsp3) is 0.364. The minimum atomic E-state index is -0.695. The first-order chi connectivity index (χ1) is 7.15. The summed E-state index contributed by atoms with van der Waals surface area (Å²) >= 11 is 0. The minimum Gasteiger partial charge on any atom is -0.461 e. The van der Waals surface area contributed by atoms with Crippen molar-refractivity contribution in [2.75, 3.05) is 0 Å². The summed E-state index contributed by atoms with van der Waals surface area (Å²) in [5.74, 6) is -1.83. The van der Waals surface area contributed by atoms with Crippen LogP contribution in [0.25, 0.3) is 0 Å². The van der Waals surface area contributed by atoms with Gasteiger partial charge in [0.1, 0.15) is 18.2 Å². The molecule has 82 valence electrons. The molecule has 0 saturated heterocycles. The molecule has 0 heterocycles. The molecule has 0 saturated carbocycles. The standard InChI is InChI=1S/C11H12F2O2/c1-2-4-11(14)15-7-8-9(12)5-3-6-10(8)13/h3,5-6H,2,4,7H2,1H3. The van der Waals surface area contributed by atoms with E-state index in [0.29, 0.717) is 6.42 Å². The van der Waals surface area contributed by atoms with Gasteiger partial charge < -0.3 is 4.74 Å². The van der Waals surface area contributed by atoms with Gasteiger partial charge in [-0.15, -0.1) is 0 Å². The first kappa shape index (κ1) is 11.6. The molecule has 15 heavy (non-hydrogen) atoms. The van der Waals surface area contributed by atoms with Crippen molar-refractivity contribution in [2.24, 2.45) is 0 Å². The van der Waals surface area contributed by atoms with E-state index in [1.807, 2.05) is 6.92 Å². The van der Waals surface area contributed by atoms with Gasteiger partial charge in [-0.05, 0) is 18.6 Å². The Labute approximate surface area is 86.9 Å². The molecule has 4 heteroatoms. The summed E-state index contributed by atoms with van der Waals surface area (Å²) in [6, 6.07) is 3.53. The number of rotatable bonds is 4. The first-order valence-corrected chi connectivity index (χ1v) is 4.73. The smallest absolute Gasteiger partial charge is 0.306 e. The number of carbonyl (C=O) groups is 1. The molecule has 0 spiro atoms. The first-order valence-electron chi connectivity index (χ1n) is 4.73. The quantitative estimate of drug-likeness (QED) is 0.720. The van der Waals surface area contributed by atoms with Crippen molar-refractivity contribution < 1.29 is 18.3 Å². The van der Waals surface area contributed by atoms with Gasteiger partial charge in [-0.25, -0.2) is 8.78 Å². The lowest BCUT2D eigenvalue weighted by Crippen LogP contribution is -2.06. The van der Waals surface area contributed by atoms with E-state index in [9.17, 15) is 13.6 Å². The molecule has 1 aromatic carbocycles. The van der Waals surface area contributed by atoms with Crippen LogP contribution in [0.4, 0.5) is 8.78 Å². The lowest BCUT2D eigenvalue weighted by atomic mass is 10.2. The number of carbonyl (C=O) groups excluding carboxylic acids is 1. The van der Waals surface area contributed by atoms with Crippen LogP contribution in [0.1, 0.15) is 25.3 Å². The summed E-state index contributed by atoms with van der Waals surface area (Å²) in [7, 11) is 0. The van der Waals surface area contributed by atoms with Crippen LogP contribution in [-0.2, 0) is 16.1 Å². The van der Waals surface area contributed by atoms with E-state index < -0.39 is 17.6 Å². The molecule has 1 aromatic rings. The molecule has 0 bridgehead atoms. The number of esters is 1. The normalized spacial score (nSPS) is 10.1. The van der Waals surface area contributed by atoms with Gasteiger partial charge in [0.25, 0.3) is 0 Å². The maximum absolute atomic E-state index is 13.1. The Bertz CT molecular complexity index is 330. The number of benzene rings is 1. The van der Waals surface area contributed by atoms with Crippen LogP contribution in [0, 0.1) is 11.6 Å². The molecule has 2 nitrogen and oxygen atoms in total. The zero-order valence-electron chi connectivity index (χ0n) is 8.43. The van der Waals surface area contributed by atoms with Crippen molar-refractivity contribution in [1.82, 2.24) is 0 Å². The molecular weight excluding hydrogens is 202 g/mol. The van der Waals surface area contributed by atoms with Crippen molar-refractivity contribution in [2.45, 2.75) is 26.4 Å². The second kappa shape index (κ2) is 5.44. The molecule has 0 radical (unpaired) electrons. The number of hydrogen-bond acceptors (Lipinski definition) is 2. The predicted molar refractivity (Wildman–Crippen MR) is 51.1 cm³/mol. The average Bonchev–Trinajstić information content (AvgIpc) is 2.17. The Hall–Kier alpha value is -1.45. The van der Waals surface area contributed by atoms with Crippen molar-refractivity contribution in [3.8, 4) is 0 Å².